The lowest BCUT2D eigenvalue weighted by Crippen LogP contribution is -2.50. The number of anilines is 1. The Bertz CT molecular complexity index is 1130. The number of nitrogens with two attached hydrogens (primary N) is 1. The number of carbonyl (C=O) groups excluding carboxylic acids is 2. The lowest BCUT2D eigenvalue weighted by atomic mass is 9.96. The first-order valence-electron chi connectivity index (χ1n) is 10.6. The Morgan fingerprint density at radius 3 is 2.88 bits per heavy atom. The minimum absolute atomic E-state index is 0.153. The van der Waals surface area contributed by atoms with E-state index in [0.29, 0.717) is 18.3 Å². The van der Waals surface area contributed by atoms with Crippen LogP contribution in [0.5, 0.6) is 0 Å². The van der Waals surface area contributed by atoms with Crippen molar-refractivity contribution in [3.63, 3.8) is 0 Å². The van der Waals surface area contributed by atoms with Crippen LogP contribution in [0.2, 0.25) is 0 Å². The molecule has 2 unspecified atom stereocenters. The van der Waals surface area contributed by atoms with Crippen LogP contribution >= 0.6 is 11.7 Å². The SMILES string of the molecule is Cc1nc(N)ccc1CNC(=O)[C@H](C)NC(=O)C1CC(Cc2ccc3nsnc3c2)CN1. The van der Waals surface area contributed by atoms with E-state index in [1.807, 2.05) is 19.1 Å². The number of carbonyl (C=O) groups is 2. The van der Waals surface area contributed by atoms with Gasteiger partial charge >= 0.3 is 0 Å². The molecular weight excluding hydrogens is 426 g/mol. The highest BCUT2D eigenvalue weighted by molar-refractivity contribution is 7.00. The summed E-state index contributed by atoms with van der Waals surface area (Å²) >= 11 is 1.21. The number of nitrogens with zero attached hydrogens (tertiary/aromatic N) is 3. The van der Waals surface area contributed by atoms with E-state index in [0.717, 1.165) is 41.7 Å². The van der Waals surface area contributed by atoms with Gasteiger partial charge in [0.15, 0.2) is 0 Å². The van der Waals surface area contributed by atoms with Gasteiger partial charge in [0.1, 0.15) is 22.9 Å². The van der Waals surface area contributed by atoms with Crippen molar-refractivity contribution in [1.29, 1.82) is 0 Å². The molecule has 9 nitrogen and oxygen atoms in total. The van der Waals surface area contributed by atoms with Crippen LogP contribution in [0.25, 0.3) is 11.0 Å². The van der Waals surface area contributed by atoms with Crippen molar-refractivity contribution in [2.24, 2.45) is 5.92 Å². The summed E-state index contributed by atoms with van der Waals surface area (Å²) < 4.78 is 8.52. The first-order valence-corrected chi connectivity index (χ1v) is 11.4. The molecule has 1 aliphatic rings. The Balaban J connectivity index is 1.24. The molecule has 32 heavy (non-hydrogen) atoms. The monoisotopic (exact) mass is 453 g/mol. The molecule has 5 N–H and O–H groups in total. The zero-order valence-corrected chi connectivity index (χ0v) is 18.9. The zero-order valence-electron chi connectivity index (χ0n) is 18.1. The van der Waals surface area contributed by atoms with Gasteiger partial charge in [-0.1, -0.05) is 12.1 Å². The molecule has 1 aliphatic heterocycles. The summed E-state index contributed by atoms with van der Waals surface area (Å²) in [6.45, 7) is 4.62. The molecule has 3 heterocycles. The minimum atomic E-state index is -0.634. The van der Waals surface area contributed by atoms with Crippen molar-refractivity contribution in [3.05, 3.63) is 47.2 Å². The quantitative estimate of drug-likeness (QED) is 0.424. The fourth-order valence-corrected chi connectivity index (χ4v) is 4.48. The van der Waals surface area contributed by atoms with E-state index >= 15 is 0 Å². The van der Waals surface area contributed by atoms with Crippen molar-refractivity contribution in [2.75, 3.05) is 12.3 Å². The van der Waals surface area contributed by atoms with Gasteiger partial charge in [0.2, 0.25) is 11.8 Å². The summed E-state index contributed by atoms with van der Waals surface area (Å²) in [6.07, 6.45) is 1.60. The normalized spacial score (nSPS) is 19.1. The van der Waals surface area contributed by atoms with Gasteiger partial charge in [-0.2, -0.15) is 8.75 Å². The fraction of sp³-hybridized carbons (Fsp3) is 0.409. The van der Waals surface area contributed by atoms with Gasteiger partial charge in [-0.05, 0) is 68.5 Å². The van der Waals surface area contributed by atoms with Crippen LogP contribution in [-0.2, 0) is 22.6 Å². The summed E-state index contributed by atoms with van der Waals surface area (Å²) in [7, 11) is 0. The van der Waals surface area contributed by atoms with Crippen LogP contribution in [0.15, 0.2) is 30.3 Å². The molecular formula is C22H27N7O2S. The van der Waals surface area contributed by atoms with Gasteiger partial charge in [0, 0.05) is 12.2 Å². The van der Waals surface area contributed by atoms with Crippen LogP contribution < -0.4 is 21.7 Å². The van der Waals surface area contributed by atoms with E-state index in [-0.39, 0.29) is 17.9 Å². The van der Waals surface area contributed by atoms with Gasteiger partial charge in [0.05, 0.1) is 17.8 Å². The number of amides is 2. The first-order chi connectivity index (χ1) is 15.4. The number of nitrogens with one attached hydrogen (secondary N) is 3. The van der Waals surface area contributed by atoms with Gasteiger partial charge in [-0.15, -0.1) is 0 Å². The Hall–Kier alpha value is -3.11. The van der Waals surface area contributed by atoms with Gasteiger partial charge in [-0.3, -0.25) is 9.59 Å². The van der Waals surface area contributed by atoms with Crippen LogP contribution in [-0.4, -0.2) is 44.2 Å². The van der Waals surface area contributed by atoms with Crippen molar-refractivity contribution < 1.29 is 9.59 Å². The average molecular weight is 454 g/mol. The first kappa shape index (κ1) is 22.1. The second kappa shape index (κ2) is 9.58. The average Bonchev–Trinajstić information content (AvgIpc) is 3.42. The molecule has 1 saturated heterocycles. The highest BCUT2D eigenvalue weighted by atomic mass is 32.1. The van der Waals surface area contributed by atoms with Crippen LogP contribution in [0.4, 0.5) is 5.82 Å². The Kier molecular flexibility index (Phi) is 6.61. The molecule has 0 spiro atoms. The molecule has 10 heteroatoms. The Morgan fingerprint density at radius 2 is 2.06 bits per heavy atom. The van der Waals surface area contributed by atoms with E-state index in [9.17, 15) is 9.59 Å². The maximum atomic E-state index is 12.7. The lowest BCUT2D eigenvalue weighted by molar-refractivity contribution is -0.129. The van der Waals surface area contributed by atoms with Gasteiger partial charge in [-0.25, -0.2) is 4.98 Å². The maximum absolute atomic E-state index is 12.7. The second-order valence-corrected chi connectivity index (χ2v) is 8.81. The maximum Gasteiger partial charge on any atom is 0.242 e. The molecule has 0 radical (unpaired) electrons. The molecule has 168 valence electrons. The molecule has 1 aromatic carbocycles. The highest BCUT2D eigenvalue weighted by Gasteiger charge is 2.31. The molecule has 3 atom stereocenters. The summed E-state index contributed by atoms with van der Waals surface area (Å²) in [5.74, 6) is 0.398. The number of rotatable bonds is 7. The minimum Gasteiger partial charge on any atom is -0.384 e. The number of nitrogen functional groups attached to an aromatic ring is 1. The van der Waals surface area contributed by atoms with E-state index in [1.54, 1.807) is 13.0 Å². The van der Waals surface area contributed by atoms with Crippen LogP contribution in [0, 0.1) is 12.8 Å². The second-order valence-electron chi connectivity index (χ2n) is 8.28. The zero-order chi connectivity index (χ0) is 22.7. The van der Waals surface area contributed by atoms with E-state index in [1.165, 1.54) is 17.3 Å². The number of fused-ring (bicyclic) bond motifs is 1. The number of pyridine rings is 1. The van der Waals surface area contributed by atoms with Crippen molar-refractivity contribution >= 4 is 40.4 Å². The van der Waals surface area contributed by atoms with Crippen LogP contribution in [0.1, 0.15) is 30.2 Å². The standard InChI is InChI=1S/C22H27N7O2S/c1-12-16(4-6-20(23)26-12)11-25-21(30)13(2)27-22(31)19-9-15(10-24-19)7-14-3-5-17-18(8-14)29-32-28-17/h3-6,8,13,15,19,24H,7,9-11H2,1-2H3,(H2,23,26)(H,25,30)(H,27,31)/t13-,15?,19?/m0/s1. The predicted octanol–water partition coefficient (Wildman–Crippen LogP) is 1.32. The summed E-state index contributed by atoms with van der Waals surface area (Å²) in [4.78, 5) is 29.3. The largest absolute Gasteiger partial charge is 0.384 e. The number of aryl methyl sites for hydroxylation is 1. The summed E-state index contributed by atoms with van der Waals surface area (Å²) in [5, 5.41) is 8.95. The third-order valence-electron chi connectivity index (χ3n) is 5.80. The van der Waals surface area contributed by atoms with E-state index < -0.39 is 6.04 Å². The van der Waals surface area contributed by atoms with Crippen LogP contribution in [0.3, 0.4) is 0 Å². The molecule has 2 aromatic heterocycles. The number of aromatic nitrogens is 3. The molecule has 2 amide bonds. The Labute approximate surface area is 190 Å². The lowest BCUT2D eigenvalue weighted by Gasteiger charge is -2.17. The third kappa shape index (κ3) is 5.20. The molecule has 0 bridgehead atoms. The summed E-state index contributed by atoms with van der Waals surface area (Å²) in [6, 6.07) is 8.73. The predicted molar refractivity (Wildman–Crippen MR) is 124 cm³/mol. The van der Waals surface area contributed by atoms with Crippen molar-refractivity contribution in [1.82, 2.24) is 29.7 Å². The topological polar surface area (TPSA) is 135 Å². The molecule has 3 aromatic rings. The van der Waals surface area contributed by atoms with Gasteiger partial charge < -0.3 is 21.7 Å². The van der Waals surface area contributed by atoms with E-state index in [2.05, 4.69) is 41.8 Å². The number of benzene rings is 1. The number of hydrogen-bond donors (Lipinski definition) is 4. The van der Waals surface area contributed by atoms with Crippen molar-refractivity contribution in [3.8, 4) is 0 Å². The Morgan fingerprint density at radius 1 is 1.25 bits per heavy atom. The summed E-state index contributed by atoms with van der Waals surface area (Å²) in [5.41, 5.74) is 10.3. The molecule has 1 fully saturated rings. The van der Waals surface area contributed by atoms with Crippen molar-refractivity contribution in [2.45, 2.75) is 45.3 Å². The third-order valence-corrected chi connectivity index (χ3v) is 6.36. The van der Waals surface area contributed by atoms with E-state index in [4.69, 9.17) is 5.73 Å². The molecule has 0 aliphatic carbocycles. The fourth-order valence-electron chi connectivity index (χ4n) is 3.96. The molecule has 0 saturated carbocycles. The number of hydrogen-bond acceptors (Lipinski definition) is 8. The van der Waals surface area contributed by atoms with Gasteiger partial charge in [0.25, 0.3) is 0 Å². The molecule has 4 rings (SSSR count). The smallest absolute Gasteiger partial charge is 0.242 e. The highest BCUT2D eigenvalue weighted by Crippen LogP contribution is 2.22.